The van der Waals surface area contributed by atoms with Crippen LogP contribution in [0.1, 0.15) is 5.56 Å². The summed E-state index contributed by atoms with van der Waals surface area (Å²) >= 11 is 0. The first kappa shape index (κ1) is 12.8. The summed E-state index contributed by atoms with van der Waals surface area (Å²) in [7, 11) is -4.03. The van der Waals surface area contributed by atoms with E-state index in [1.165, 1.54) is 6.07 Å². The van der Waals surface area contributed by atoms with E-state index in [1.54, 1.807) is 25.1 Å². The summed E-state index contributed by atoms with van der Waals surface area (Å²) in [6.07, 6.45) is 0. The third-order valence-corrected chi connectivity index (χ3v) is 2.39. The average Bonchev–Trinajstić information content (AvgIpc) is 1.86. The minimum absolute atomic E-state index is 0. The molecule has 1 aromatic carbocycles. The summed E-state index contributed by atoms with van der Waals surface area (Å²) in [6, 6.07) is 6.27. The Hall–Kier alpha value is 0.766. The Bertz CT molecular complexity index is 359. The summed E-state index contributed by atoms with van der Waals surface area (Å²) in [4.78, 5) is -0.0278. The predicted octanol–water partition coefficient (Wildman–Crippen LogP) is 0.861. The first-order valence-electron chi connectivity index (χ1n) is 3.05. The fourth-order valence-corrected chi connectivity index (χ4v) is 1.57. The van der Waals surface area contributed by atoms with Crippen LogP contribution in [0.25, 0.3) is 0 Å². The van der Waals surface area contributed by atoms with E-state index < -0.39 is 10.1 Å². The minimum Gasteiger partial charge on any atom is -0.282 e. The fraction of sp³-hybridized carbons (Fsp3) is 0.143. The molecule has 0 amide bonds. The van der Waals surface area contributed by atoms with Crippen molar-refractivity contribution in [2.24, 2.45) is 0 Å². The normalized spacial score (nSPS) is 10.5. The van der Waals surface area contributed by atoms with Gasteiger partial charge < -0.3 is 0 Å². The molecule has 0 atom stereocenters. The smallest absolute Gasteiger partial charge is 0.282 e. The Labute approximate surface area is 114 Å². The molecule has 0 heterocycles. The van der Waals surface area contributed by atoms with Crippen molar-refractivity contribution in [2.45, 2.75) is 11.8 Å². The molecule has 12 heavy (non-hydrogen) atoms. The van der Waals surface area contributed by atoms with Gasteiger partial charge in [0.05, 0.1) is 4.90 Å². The first-order valence-corrected chi connectivity index (χ1v) is 4.49. The van der Waals surface area contributed by atoms with Crippen molar-refractivity contribution in [1.29, 1.82) is 0 Å². The van der Waals surface area contributed by atoms with Crippen LogP contribution in [0.3, 0.4) is 0 Å². The van der Waals surface area contributed by atoms with Crippen molar-refractivity contribution in [3.63, 3.8) is 0 Å². The molecule has 1 N–H and O–H groups in total. The van der Waals surface area contributed by atoms with Crippen molar-refractivity contribution in [3.8, 4) is 0 Å². The second kappa shape index (κ2) is 4.85. The molecule has 0 aliphatic rings. The van der Waals surface area contributed by atoms with Gasteiger partial charge >= 0.3 is 0 Å². The zero-order valence-corrected chi connectivity index (χ0v) is 10.9. The van der Waals surface area contributed by atoms with Crippen molar-refractivity contribution < 1.29 is 13.0 Å². The van der Waals surface area contributed by atoms with Crippen LogP contribution in [-0.2, 0) is 10.1 Å². The number of hydrogen-bond acceptors (Lipinski definition) is 2. The van der Waals surface area contributed by atoms with Gasteiger partial charge in [-0.3, -0.25) is 4.55 Å². The molecule has 0 aromatic heterocycles. The summed E-state index contributed by atoms with van der Waals surface area (Å²) in [5, 5.41) is 0. The van der Waals surface area contributed by atoms with Crippen molar-refractivity contribution in [2.75, 3.05) is 0 Å². The molecular weight excluding hydrogens is 203 g/mol. The summed E-state index contributed by atoms with van der Waals surface area (Å²) in [6.45, 7) is 1.63. The molecule has 0 bridgehead atoms. The molecule has 0 spiro atoms. The van der Waals surface area contributed by atoms with Gasteiger partial charge in [0.1, 0.15) is 0 Å². The number of benzene rings is 1. The quantitative estimate of drug-likeness (QED) is 0.553. The predicted molar refractivity (Wildman–Crippen MR) is 46.7 cm³/mol. The van der Waals surface area contributed by atoms with E-state index in [-0.39, 0.29) is 56.3 Å². The SMILES string of the molecule is Cc1ccccc1S(=O)(=O)O.[K]. The molecule has 0 aliphatic heterocycles. The van der Waals surface area contributed by atoms with E-state index in [0.29, 0.717) is 5.56 Å². The topological polar surface area (TPSA) is 54.4 Å². The number of aryl methyl sites for hydroxylation is 1. The summed E-state index contributed by atoms with van der Waals surface area (Å²) < 4.78 is 29.9. The molecule has 0 fully saturated rings. The van der Waals surface area contributed by atoms with Gasteiger partial charge in [0.15, 0.2) is 0 Å². The second-order valence-electron chi connectivity index (χ2n) is 2.24. The molecule has 0 saturated heterocycles. The van der Waals surface area contributed by atoms with E-state index in [9.17, 15) is 8.42 Å². The molecule has 5 heteroatoms. The Morgan fingerprint density at radius 1 is 1.25 bits per heavy atom. The van der Waals surface area contributed by atoms with Gasteiger partial charge in [-0.05, 0) is 18.6 Å². The van der Waals surface area contributed by atoms with E-state index in [1.807, 2.05) is 0 Å². The summed E-state index contributed by atoms with van der Waals surface area (Å²) in [5.41, 5.74) is 0.551. The molecule has 1 aromatic rings. The standard InChI is InChI=1S/C7H8O3S.K/c1-6-4-2-3-5-7(6)11(8,9)10;/h2-5H,1H3,(H,8,9,10);. The number of rotatable bonds is 1. The largest absolute Gasteiger partial charge is 0.294 e. The Morgan fingerprint density at radius 3 is 2.08 bits per heavy atom. The number of hydrogen-bond donors (Lipinski definition) is 1. The first-order chi connectivity index (χ1) is 5.02. The van der Waals surface area contributed by atoms with Crippen molar-refractivity contribution in [1.82, 2.24) is 0 Å². The maximum absolute atomic E-state index is 10.6. The van der Waals surface area contributed by atoms with E-state index in [2.05, 4.69) is 0 Å². The monoisotopic (exact) mass is 211 g/mol. The van der Waals surface area contributed by atoms with Crippen molar-refractivity contribution >= 4 is 61.5 Å². The van der Waals surface area contributed by atoms with Gasteiger partial charge in [-0.15, -0.1) is 0 Å². The fourth-order valence-electron chi connectivity index (χ4n) is 0.846. The Morgan fingerprint density at radius 2 is 1.75 bits per heavy atom. The molecular formula is C7H8KO3S. The molecule has 1 rings (SSSR count). The van der Waals surface area contributed by atoms with Crippen LogP contribution in [0.4, 0.5) is 0 Å². The molecule has 3 nitrogen and oxygen atoms in total. The summed E-state index contributed by atoms with van der Waals surface area (Å²) in [5.74, 6) is 0. The maximum Gasteiger partial charge on any atom is 0.294 e. The van der Waals surface area contributed by atoms with Gasteiger partial charge in [0.25, 0.3) is 10.1 Å². The van der Waals surface area contributed by atoms with Crippen LogP contribution in [0.2, 0.25) is 0 Å². The van der Waals surface area contributed by atoms with E-state index in [4.69, 9.17) is 4.55 Å². The average molecular weight is 211 g/mol. The Balaban J connectivity index is 0.00000121. The van der Waals surface area contributed by atoms with Crippen LogP contribution in [0.5, 0.6) is 0 Å². The van der Waals surface area contributed by atoms with Gasteiger partial charge in [-0.2, -0.15) is 8.42 Å². The van der Waals surface area contributed by atoms with Crippen LogP contribution in [0, 0.1) is 6.92 Å². The zero-order valence-electron chi connectivity index (χ0n) is 6.98. The molecule has 0 aliphatic carbocycles. The van der Waals surface area contributed by atoms with E-state index in [0.717, 1.165) is 0 Å². The molecule has 0 unspecified atom stereocenters. The van der Waals surface area contributed by atoms with Crippen LogP contribution < -0.4 is 0 Å². The van der Waals surface area contributed by atoms with Crippen LogP contribution in [0.15, 0.2) is 29.2 Å². The van der Waals surface area contributed by atoms with Crippen molar-refractivity contribution in [3.05, 3.63) is 29.8 Å². The van der Waals surface area contributed by atoms with Crippen LogP contribution >= 0.6 is 0 Å². The molecule has 0 saturated carbocycles. The molecule has 61 valence electrons. The minimum atomic E-state index is -4.03. The van der Waals surface area contributed by atoms with E-state index >= 15 is 0 Å². The molecule has 1 radical (unpaired) electrons. The van der Waals surface area contributed by atoms with Gasteiger partial charge in [-0.25, -0.2) is 0 Å². The maximum atomic E-state index is 10.6. The van der Waals surface area contributed by atoms with Gasteiger partial charge in [0.2, 0.25) is 0 Å². The van der Waals surface area contributed by atoms with Gasteiger partial charge in [-0.1, -0.05) is 18.2 Å². The zero-order chi connectivity index (χ0) is 8.48. The third-order valence-electron chi connectivity index (χ3n) is 1.37. The van der Waals surface area contributed by atoms with Gasteiger partial charge in [0, 0.05) is 51.4 Å². The second-order valence-corrected chi connectivity index (χ2v) is 3.63. The van der Waals surface area contributed by atoms with Crippen LogP contribution in [-0.4, -0.2) is 64.4 Å². The Kier molecular flexibility index (Phi) is 5.16. The third kappa shape index (κ3) is 3.25.